The summed E-state index contributed by atoms with van der Waals surface area (Å²) in [5.41, 5.74) is 1.64. The fourth-order valence-corrected chi connectivity index (χ4v) is 2.99. The molecule has 0 aliphatic rings. The summed E-state index contributed by atoms with van der Waals surface area (Å²) in [4.78, 5) is 12.1. The van der Waals surface area contributed by atoms with Crippen LogP contribution in [-0.4, -0.2) is 21.0 Å². The minimum Gasteiger partial charge on any atom is -0.462 e. The monoisotopic (exact) mass is 334 g/mol. The molecule has 6 heteroatoms. The van der Waals surface area contributed by atoms with Crippen LogP contribution in [0.4, 0.5) is 0 Å². The van der Waals surface area contributed by atoms with E-state index < -0.39 is 16.1 Å². The molecule has 0 aliphatic heterocycles. The van der Waals surface area contributed by atoms with Gasteiger partial charge >= 0.3 is 16.1 Å². The van der Waals surface area contributed by atoms with Gasteiger partial charge in [-0.1, -0.05) is 29.8 Å². The number of ether oxygens (including phenoxy) is 1. The molecule has 0 atom stereocenters. The van der Waals surface area contributed by atoms with Gasteiger partial charge in [-0.25, -0.2) is 4.79 Å². The van der Waals surface area contributed by atoms with Crippen molar-refractivity contribution in [1.82, 2.24) is 0 Å². The van der Waals surface area contributed by atoms with Crippen LogP contribution < -0.4 is 4.18 Å². The van der Waals surface area contributed by atoms with Gasteiger partial charge in [0.1, 0.15) is 10.5 Å². The van der Waals surface area contributed by atoms with Gasteiger partial charge in [-0.2, -0.15) is 8.42 Å². The van der Waals surface area contributed by atoms with E-state index in [0.29, 0.717) is 5.56 Å². The van der Waals surface area contributed by atoms with E-state index in [2.05, 4.69) is 0 Å². The maximum absolute atomic E-state index is 12.4. The summed E-state index contributed by atoms with van der Waals surface area (Å²) in [5.74, 6) is -0.649. The molecule has 0 aromatic heterocycles. The normalized spacial score (nSPS) is 11.1. The van der Waals surface area contributed by atoms with Crippen LogP contribution in [-0.2, 0) is 14.9 Å². The van der Waals surface area contributed by atoms with E-state index in [1.165, 1.54) is 18.2 Å². The number of carbonyl (C=O) groups is 1. The van der Waals surface area contributed by atoms with Crippen molar-refractivity contribution in [2.24, 2.45) is 0 Å². The molecule has 5 nitrogen and oxygen atoms in total. The Kier molecular flexibility index (Phi) is 5.05. The van der Waals surface area contributed by atoms with E-state index in [1.54, 1.807) is 38.1 Å². The fraction of sp³-hybridized carbons (Fsp3) is 0.235. The van der Waals surface area contributed by atoms with E-state index in [4.69, 9.17) is 8.92 Å². The molecule has 0 fully saturated rings. The summed E-state index contributed by atoms with van der Waals surface area (Å²) in [6, 6.07) is 11.0. The molecule has 23 heavy (non-hydrogen) atoms. The number of hydrogen-bond donors (Lipinski definition) is 0. The maximum atomic E-state index is 12.4. The molecule has 0 spiro atoms. The van der Waals surface area contributed by atoms with Crippen molar-refractivity contribution in [3.63, 3.8) is 0 Å². The van der Waals surface area contributed by atoms with Gasteiger partial charge in [-0.15, -0.1) is 0 Å². The van der Waals surface area contributed by atoms with Gasteiger partial charge in [-0.05, 0) is 44.5 Å². The molecule has 0 radical (unpaired) electrons. The molecule has 0 saturated heterocycles. The Balaban J connectivity index is 2.41. The number of benzene rings is 2. The molecular formula is C17H18O5S. The zero-order valence-electron chi connectivity index (χ0n) is 13.2. The molecular weight excluding hydrogens is 316 g/mol. The van der Waals surface area contributed by atoms with Gasteiger partial charge in [0.15, 0.2) is 5.75 Å². The lowest BCUT2D eigenvalue weighted by atomic mass is 10.1. The van der Waals surface area contributed by atoms with Crippen LogP contribution in [0.5, 0.6) is 5.75 Å². The van der Waals surface area contributed by atoms with Gasteiger partial charge in [-0.3, -0.25) is 0 Å². The minimum atomic E-state index is -4.03. The third kappa shape index (κ3) is 3.90. The van der Waals surface area contributed by atoms with Crippen molar-refractivity contribution >= 4 is 16.1 Å². The first-order valence-electron chi connectivity index (χ1n) is 7.13. The van der Waals surface area contributed by atoms with Crippen LogP contribution in [0.2, 0.25) is 0 Å². The highest BCUT2D eigenvalue weighted by Gasteiger charge is 2.23. The predicted octanol–water partition coefficient (Wildman–Crippen LogP) is 3.25. The van der Waals surface area contributed by atoms with Crippen molar-refractivity contribution in [2.45, 2.75) is 25.7 Å². The van der Waals surface area contributed by atoms with Crippen molar-refractivity contribution in [1.29, 1.82) is 0 Å². The number of rotatable bonds is 5. The Labute approximate surface area is 136 Å². The minimum absolute atomic E-state index is 0.0272. The van der Waals surface area contributed by atoms with E-state index in [1.807, 2.05) is 6.92 Å². The Hall–Kier alpha value is -2.34. The molecule has 0 N–H and O–H groups in total. The summed E-state index contributed by atoms with van der Waals surface area (Å²) in [6.07, 6.45) is 0. The number of aryl methyl sites for hydroxylation is 2. The van der Waals surface area contributed by atoms with Crippen molar-refractivity contribution in [3.8, 4) is 5.75 Å². The third-order valence-corrected chi connectivity index (χ3v) is 4.47. The smallest absolute Gasteiger partial charge is 0.342 e. The first-order chi connectivity index (χ1) is 10.8. The Bertz CT molecular complexity index is 807. The van der Waals surface area contributed by atoms with Crippen LogP contribution in [0.25, 0.3) is 0 Å². The average molecular weight is 334 g/mol. The van der Waals surface area contributed by atoms with Crippen LogP contribution in [0.3, 0.4) is 0 Å². The first-order valence-corrected chi connectivity index (χ1v) is 8.54. The van der Waals surface area contributed by atoms with E-state index >= 15 is 0 Å². The van der Waals surface area contributed by atoms with Crippen molar-refractivity contribution in [3.05, 3.63) is 59.2 Å². The molecule has 0 heterocycles. The summed E-state index contributed by atoms with van der Waals surface area (Å²) >= 11 is 0. The van der Waals surface area contributed by atoms with E-state index in [9.17, 15) is 13.2 Å². The first kappa shape index (κ1) is 17.0. The van der Waals surface area contributed by atoms with Gasteiger partial charge in [0.25, 0.3) is 0 Å². The summed E-state index contributed by atoms with van der Waals surface area (Å²) in [6.45, 7) is 5.42. The second-order valence-electron chi connectivity index (χ2n) is 5.02. The Morgan fingerprint density at radius 3 is 2.30 bits per heavy atom. The topological polar surface area (TPSA) is 69.7 Å². The van der Waals surface area contributed by atoms with E-state index in [-0.39, 0.29) is 22.8 Å². The second-order valence-corrected chi connectivity index (χ2v) is 6.57. The Morgan fingerprint density at radius 1 is 1.04 bits per heavy atom. The highest BCUT2D eigenvalue weighted by atomic mass is 32.2. The standard InChI is InChI=1S/C17H18O5S/c1-4-21-17(18)16-13(3)6-5-7-15(16)22-23(19,20)14-10-8-12(2)9-11-14/h5-11H,4H2,1-3H3. The largest absolute Gasteiger partial charge is 0.462 e. The van der Waals surface area contributed by atoms with Crippen LogP contribution in [0.1, 0.15) is 28.4 Å². The van der Waals surface area contributed by atoms with Crippen molar-refractivity contribution in [2.75, 3.05) is 6.61 Å². The zero-order valence-corrected chi connectivity index (χ0v) is 14.0. The van der Waals surface area contributed by atoms with Gasteiger partial charge in [0.2, 0.25) is 0 Å². The lowest BCUT2D eigenvalue weighted by Gasteiger charge is -2.13. The highest BCUT2D eigenvalue weighted by Crippen LogP contribution is 2.26. The quantitative estimate of drug-likeness (QED) is 0.620. The average Bonchev–Trinajstić information content (AvgIpc) is 2.47. The van der Waals surface area contributed by atoms with Crippen molar-refractivity contribution < 1.29 is 22.1 Å². The molecule has 2 rings (SSSR count). The molecule has 0 amide bonds. The number of esters is 1. The predicted molar refractivity (Wildman–Crippen MR) is 86.1 cm³/mol. The van der Waals surface area contributed by atoms with E-state index in [0.717, 1.165) is 5.56 Å². The second kappa shape index (κ2) is 6.83. The lowest BCUT2D eigenvalue weighted by molar-refractivity contribution is 0.0523. The summed E-state index contributed by atoms with van der Waals surface area (Å²) in [5, 5.41) is 0. The highest BCUT2D eigenvalue weighted by molar-refractivity contribution is 7.87. The van der Waals surface area contributed by atoms with Crippen LogP contribution >= 0.6 is 0 Å². The fourth-order valence-electron chi connectivity index (χ4n) is 2.05. The van der Waals surface area contributed by atoms with Gasteiger partial charge < -0.3 is 8.92 Å². The zero-order chi connectivity index (χ0) is 17.0. The van der Waals surface area contributed by atoms with Crippen LogP contribution in [0, 0.1) is 13.8 Å². The number of hydrogen-bond acceptors (Lipinski definition) is 5. The molecule has 2 aromatic carbocycles. The van der Waals surface area contributed by atoms with Crippen LogP contribution in [0.15, 0.2) is 47.4 Å². The summed E-state index contributed by atoms with van der Waals surface area (Å²) < 4.78 is 34.9. The molecule has 2 aromatic rings. The Morgan fingerprint density at radius 2 is 1.70 bits per heavy atom. The third-order valence-electron chi connectivity index (χ3n) is 3.22. The SMILES string of the molecule is CCOC(=O)c1c(C)cccc1OS(=O)(=O)c1ccc(C)cc1. The molecule has 0 bridgehead atoms. The molecule has 0 unspecified atom stereocenters. The summed E-state index contributed by atoms with van der Waals surface area (Å²) in [7, 11) is -4.03. The maximum Gasteiger partial charge on any atom is 0.342 e. The molecule has 0 saturated carbocycles. The lowest BCUT2D eigenvalue weighted by Crippen LogP contribution is -2.14. The molecule has 0 aliphatic carbocycles. The van der Waals surface area contributed by atoms with Gasteiger partial charge in [0, 0.05) is 0 Å². The van der Waals surface area contributed by atoms with Gasteiger partial charge in [0.05, 0.1) is 6.61 Å². The molecule has 122 valence electrons. The number of carbonyl (C=O) groups excluding carboxylic acids is 1.